The van der Waals surface area contributed by atoms with E-state index < -0.39 is 0 Å². The largest absolute Gasteiger partial charge is 0.339 e. The van der Waals surface area contributed by atoms with E-state index in [1.165, 1.54) is 0 Å². The third-order valence-corrected chi connectivity index (χ3v) is 4.01. The lowest BCUT2D eigenvalue weighted by Crippen LogP contribution is -2.31. The molecule has 0 saturated carbocycles. The number of hydrogen-bond acceptors (Lipinski definition) is 4. The van der Waals surface area contributed by atoms with Crippen molar-refractivity contribution in [1.82, 2.24) is 15.5 Å². The number of nitrogens with zero attached hydrogens (tertiary/aromatic N) is 2. The smallest absolute Gasteiger partial charge is 0.231 e. The van der Waals surface area contributed by atoms with E-state index in [9.17, 15) is 0 Å². The van der Waals surface area contributed by atoms with Crippen LogP contribution in [0.4, 0.5) is 0 Å². The summed E-state index contributed by atoms with van der Waals surface area (Å²) in [6.45, 7) is 7.38. The minimum atomic E-state index is 0.184. The lowest BCUT2D eigenvalue weighted by Gasteiger charge is -2.17. The first-order chi connectivity index (χ1) is 10.1. The van der Waals surface area contributed by atoms with Gasteiger partial charge >= 0.3 is 0 Å². The number of aromatic nitrogens is 2. The molecule has 1 aromatic heterocycles. The number of rotatable bonds is 7. The van der Waals surface area contributed by atoms with E-state index in [0.717, 1.165) is 23.6 Å². The molecule has 114 valence electrons. The Bertz CT molecular complexity index is 570. The second-order valence-corrected chi connectivity index (χ2v) is 5.76. The standard InChI is InChI=1S/C16H22ClN3O/c1-4-9-18-12(3)11(2)16-19-15(20-21-16)10-13-7-5-6-8-14(13)17/h5-8,11-12,18H,4,9-10H2,1-3H3. The molecule has 0 spiro atoms. The second-order valence-electron chi connectivity index (χ2n) is 5.35. The quantitative estimate of drug-likeness (QED) is 0.845. The van der Waals surface area contributed by atoms with Gasteiger partial charge in [0.1, 0.15) is 0 Å². The molecule has 0 radical (unpaired) electrons. The highest BCUT2D eigenvalue weighted by molar-refractivity contribution is 6.31. The average molecular weight is 308 g/mol. The normalized spacial score (nSPS) is 14.1. The molecule has 1 aromatic carbocycles. The molecule has 21 heavy (non-hydrogen) atoms. The van der Waals surface area contributed by atoms with Crippen molar-refractivity contribution in [1.29, 1.82) is 0 Å². The van der Waals surface area contributed by atoms with E-state index in [2.05, 4.69) is 36.2 Å². The molecule has 0 amide bonds. The molecular formula is C16H22ClN3O. The molecule has 0 saturated heterocycles. The zero-order chi connectivity index (χ0) is 15.2. The Morgan fingerprint density at radius 3 is 2.76 bits per heavy atom. The summed E-state index contributed by atoms with van der Waals surface area (Å²) in [4.78, 5) is 4.50. The van der Waals surface area contributed by atoms with Gasteiger partial charge in [0.25, 0.3) is 0 Å². The number of benzene rings is 1. The van der Waals surface area contributed by atoms with Gasteiger partial charge in [-0.05, 0) is 31.5 Å². The van der Waals surface area contributed by atoms with Crippen LogP contribution in [0, 0.1) is 0 Å². The molecule has 5 heteroatoms. The van der Waals surface area contributed by atoms with Crippen molar-refractivity contribution in [3.05, 3.63) is 46.6 Å². The highest BCUT2D eigenvalue weighted by atomic mass is 35.5. The Kier molecular flexibility index (Phi) is 5.76. The van der Waals surface area contributed by atoms with Crippen LogP contribution in [0.1, 0.15) is 50.4 Å². The first kappa shape index (κ1) is 16.0. The van der Waals surface area contributed by atoms with Crippen LogP contribution in [0.2, 0.25) is 5.02 Å². The van der Waals surface area contributed by atoms with Crippen LogP contribution in [0.5, 0.6) is 0 Å². The lowest BCUT2D eigenvalue weighted by molar-refractivity contribution is 0.328. The summed E-state index contributed by atoms with van der Waals surface area (Å²) < 4.78 is 5.40. The highest BCUT2D eigenvalue weighted by Gasteiger charge is 2.20. The molecule has 0 aliphatic carbocycles. The van der Waals surface area contributed by atoms with Crippen molar-refractivity contribution in [2.75, 3.05) is 6.54 Å². The predicted octanol–water partition coefficient (Wildman–Crippen LogP) is 3.81. The van der Waals surface area contributed by atoms with Gasteiger partial charge in [-0.25, -0.2) is 0 Å². The van der Waals surface area contributed by atoms with Gasteiger partial charge in [0.05, 0.1) is 5.92 Å². The monoisotopic (exact) mass is 307 g/mol. The van der Waals surface area contributed by atoms with E-state index >= 15 is 0 Å². The number of halogens is 1. The van der Waals surface area contributed by atoms with Crippen LogP contribution in [-0.2, 0) is 6.42 Å². The van der Waals surface area contributed by atoms with E-state index in [1.807, 2.05) is 24.3 Å². The first-order valence-corrected chi connectivity index (χ1v) is 7.78. The van der Waals surface area contributed by atoms with Crippen molar-refractivity contribution < 1.29 is 4.52 Å². The van der Waals surface area contributed by atoms with Crippen LogP contribution in [0.3, 0.4) is 0 Å². The van der Waals surface area contributed by atoms with Gasteiger partial charge in [0, 0.05) is 17.5 Å². The van der Waals surface area contributed by atoms with Gasteiger partial charge in [0.15, 0.2) is 5.82 Å². The molecule has 0 bridgehead atoms. The molecule has 2 rings (SSSR count). The van der Waals surface area contributed by atoms with Gasteiger partial charge in [0.2, 0.25) is 5.89 Å². The average Bonchev–Trinajstić information content (AvgIpc) is 2.95. The third kappa shape index (κ3) is 4.29. The first-order valence-electron chi connectivity index (χ1n) is 7.41. The fourth-order valence-electron chi connectivity index (χ4n) is 2.10. The van der Waals surface area contributed by atoms with Crippen molar-refractivity contribution >= 4 is 11.6 Å². The van der Waals surface area contributed by atoms with Gasteiger partial charge < -0.3 is 9.84 Å². The molecule has 4 nitrogen and oxygen atoms in total. The Morgan fingerprint density at radius 1 is 1.29 bits per heavy atom. The van der Waals surface area contributed by atoms with Gasteiger partial charge in [-0.3, -0.25) is 0 Å². The topological polar surface area (TPSA) is 51.0 Å². The van der Waals surface area contributed by atoms with Crippen molar-refractivity contribution in [2.45, 2.75) is 45.6 Å². The van der Waals surface area contributed by atoms with Gasteiger partial charge in [-0.2, -0.15) is 4.98 Å². The van der Waals surface area contributed by atoms with Crippen LogP contribution in [0.15, 0.2) is 28.8 Å². The zero-order valence-corrected chi connectivity index (χ0v) is 13.5. The summed E-state index contributed by atoms with van der Waals surface area (Å²) in [5.74, 6) is 1.53. The fraction of sp³-hybridized carbons (Fsp3) is 0.500. The molecule has 0 aliphatic rings. The Labute approximate surface area is 130 Å². The Balaban J connectivity index is 2.02. The van der Waals surface area contributed by atoms with E-state index in [-0.39, 0.29) is 5.92 Å². The summed E-state index contributed by atoms with van der Waals surface area (Å²) >= 11 is 6.15. The van der Waals surface area contributed by atoms with Crippen molar-refractivity contribution in [3.8, 4) is 0 Å². The minimum Gasteiger partial charge on any atom is -0.339 e. The molecule has 1 heterocycles. The zero-order valence-electron chi connectivity index (χ0n) is 12.8. The van der Waals surface area contributed by atoms with Crippen LogP contribution in [0.25, 0.3) is 0 Å². The second kappa shape index (κ2) is 7.57. The van der Waals surface area contributed by atoms with Crippen LogP contribution >= 0.6 is 11.6 Å². The van der Waals surface area contributed by atoms with Crippen molar-refractivity contribution in [3.63, 3.8) is 0 Å². The maximum absolute atomic E-state index is 6.15. The van der Waals surface area contributed by atoms with Crippen LogP contribution in [-0.4, -0.2) is 22.7 Å². The van der Waals surface area contributed by atoms with Crippen molar-refractivity contribution in [2.24, 2.45) is 0 Å². The summed E-state index contributed by atoms with van der Waals surface area (Å²) in [6.07, 6.45) is 1.70. The van der Waals surface area contributed by atoms with E-state index in [4.69, 9.17) is 16.1 Å². The molecule has 1 N–H and O–H groups in total. The molecule has 0 aliphatic heterocycles. The summed E-state index contributed by atoms with van der Waals surface area (Å²) in [6, 6.07) is 8.03. The minimum absolute atomic E-state index is 0.184. The molecular weight excluding hydrogens is 286 g/mol. The molecule has 0 fully saturated rings. The Hall–Kier alpha value is -1.39. The predicted molar refractivity (Wildman–Crippen MR) is 84.7 cm³/mol. The number of nitrogens with one attached hydrogen (secondary N) is 1. The third-order valence-electron chi connectivity index (χ3n) is 3.65. The summed E-state index contributed by atoms with van der Waals surface area (Å²) in [7, 11) is 0. The van der Waals surface area contributed by atoms with E-state index in [1.54, 1.807) is 0 Å². The van der Waals surface area contributed by atoms with E-state index in [0.29, 0.717) is 24.2 Å². The summed E-state index contributed by atoms with van der Waals surface area (Å²) in [5.41, 5.74) is 1.01. The molecule has 2 aromatic rings. The maximum Gasteiger partial charge on any atom is 0.231 e. The van der Waals surface area contributed by atoms with Gasteiger partial charge in [-0.15, -0.1) is 0 Å². The molecule has 2 unspecified atom stereocenters. The number of hydrogen-bond donors (Lipinski definition) is 1. The SMILES string of the molecule is CCCNC(C)C(C)c1nc(Cc2ccccc2Cl)no1. The summed E-state index contributed by atoms with van der Waals surface area (Å²) in [5, 5.41) is 8.24. The maximum atomic E-state index is 6.15. The molecule has 2 atom stereocenters. The lowest BCUT2D eigenvalue weighted by atomic mass is 10.0. The van der Waals surface area contributed by atoms with Crippen LogP contribution < -0.4 is 5.32 Å². The Morgan fingerprint density at radius 2 is 2.05 bits per heavy atom. The van der Waals surface area contributed by atoms with Gasteiger partial charge in [-0.1, -0.05) is 48.8 Å². The highest BCUT2D eigenvalue weighted by Crippen LogP contribution is 2.20. The fourth-order valence-corrected chi connectivity index (χ4v) is 2.30.